The van der Waals surface area contributed by atoms with Crippen LogP contribution in [0.1, 0.15) is 0 Å². The number of nitrogens with zero attached hydrogens (tertiary/aromatic N) is 1. The Bertz CT molecular complexity index is 65.2. The molecule has 6 heavy (non-hydrogen) atoms. The molecule has 1 unspecified atom stereocenters. The summed E-state index contributed by atoms with van der Waals surface area (Å²) in [5.41, 5.74) is -0.454. The zero-order valence-corrected chi connectivity index (χ0v) is 3.64. The predicted octanol–water partition coefficient (Wildman–Crippen LogP) is 0.649. The van der Waals surface area contributed by atoms with Crippen LogP contribution in [-0.4, -0.2) is 12.0 Å². The van der Waals surface area contributed by atoms with Gasteiger partial charge in [-0.3, -0.25) is 0 Å². The number of aliphatic imine (C=N–C) groups is 1. The van der Waals surface area contributed by atoms with Crippen LogP contribution in [0.2, 0.25) is 0 Å². The lowest BCUT2D eigenvalue weighted by atomic mass is 10.7. The molecule has 0 aromatic rings. The third-order valence-corrected chi connectivity index (χ3v) is 0.610. The second-order valence-electron chi connectivity index (χ2n) is 0.816. The van der Waals surface area contributed by atoms with E-state index in [4.69, 9.17) is 11.6 Å². The van der Waals surface area contributed by atoms with Crippen LogP contribution in [0.25, 0.3) is 0 Å². The van der Waals surface area contributed by atoms with Gasteiger partial charge in [0.15, 0.2) is 12.9 Å². The minimum Gasteiger partial charge on any atom is -0.462 e. The number of hydrogen-bond acceptors (Lipinski definition) is 2. The van der Waals surface area contributed by atoms with Crippen molar-refractivity contribution in [2.24, 2.45) is 4.99 Å². The van der Waals surface area contributed by atoms with Gasteiger partial charge >= 0.3 is 0 Å². The molecule has 2 radical (unpaired) electrons. The van der Waals surface area contributed by atoms with Gasteiger partial charge in [0, 0.05) is 0 Å². The topological polar surface area (TPSA) is 21.6 Å². The van der Waals surface area contributed by atoms with E-state index in [-0.39, 0.29) is 0 Å². The van der Waals surface area contributed by atoms with Gasteiger partial charge in [0.1, 0.15) is 0 Å². The van der Waals surface area contributed by atoms with Crippen molar-refractivity contribution in [3.63, 3.8) is 0 Å². The molecule has 0 N–H and O–H groups in total. The summed E-state index contributed by atoms with van der Waals surface area (Å²) in [6, 6.07) is 0. The molecular weight excluding hydrogens is 101 g/mol. The molecule has 0 aromatic carbocycles. The summed E-state index contributed by atoms with van der Waals surface area (Å²) in [5.74, 6) is 0. The van der Waals surface area contributed by atoms with Crippen molar-refractivity contribution in [1.82, 2.24) is 0 Å². The van der Waals surface area contributed by atoms with Crippen molar-refractivity contribution in [1.29, 1.82) is 0 Å². The van der Waals surface area contributed by atoms with Gasteiger partial charge in [0.2, 0.25) is 5.56 Å². The van der Waals surface area contributed by atoms with E-state index in [0.717, 1.165) is 0 Å². The Morgan fingerprint density at radius 2 is 2.83 bits per heavy atom. The molecule has 0 amide bonds. The van der Waals surface area contributed by atoms with Crippen molar-refractivity contribution in [3.8, 4) is 0 Å². The van der Waals surface area contributed by atoms with E-state index < -0.39 is 5.56 Å². The maximum atomic E-state index is 5.25. The summed E-state index contributed by atoms with van der Waals surface area (Å²) in [5, 5.41) is 0. The number of halogens is 1. The average molecular weight is 104 g/mol. The van der Waals surface area contributed by atoms with Crippen molar-refractivity contribution >= 4 is 18.0 Å². The van der Waals surface area contributed by atoms with Gasteiger partial charge in [-0.1, -0.05) is 11.6 Å². The molecule has 0 bridgehead atoms. The van der Waals surface area contributed by atoms with Crippen LogP contribution >= 0.6 is 11.6 Å². The molecule has 0 saturated heterocycles. The normalized spacial score (nSPS) is 30.5. The lowest BCUT2D eigenvalue weighted by Gasteiger charge is -1.90. The molecule has 32 valence electrons. The highest BCUT2D eigenvalue weighted by molar-refractivity contribution is 6.21. The first kappa shape index (κ1) is 3.93. The Morgan fingerprint density at radius 3 is 3.00 bits per heavy atom. The van der Waals surface area contributed by atoms with E-state index in [1.165, 1.54) is 6.40 Å². The van der Waals surface area contributed by atoms with E-state index in [0.29, 0.717) is 0 Å². The highest BCUT2D eigenvalue weighted by Gasteiger charge is 2.07. The average Bonchev–Trinajstić information content (AvgIpc) is 1.86. The highest BCUT2D eigenvalue weighted by Crippen LogP contribution is 2.06. The largest absolute Gasteiger partial charge is 0.462 e. The van der Waals surface area contributed by atoms with Crippen LogP contribution in [0, 0.1) is 6.54 Å². The fourth-order valence-corrected chi connectivity index (χ4v) is 0.306. The Labute approximate surface area is 40.8 Å². The number of alkyl halides is 1. The van der Waals surface area contributed by atoms with Gasteiger partial charge in [-0.2, -0.15) is 0 Å². The van der Waals surface area contributed by atoms with Crippen LogP contribution in [-0.2, 0) is 4.74 Å². The van der Waals surface area contributed by atoms with Gasteiger partial charge < -0.3 is 4.74 Å². The van der Waals surface area contributed by atoms with Crippen LogP contribution in [0.4, 0.5) is 0 Å². The Hall–Kier alpha value is -0.240. The highest BCUT2D eigenvalue weighted by atomic mass is 35.5. The monoisotopic (exact) mass is 103 g/mol. The molecule has 0 saturated carbocycles. The van der Waals surface area contributed by atoms with Crippen LogP contribution in [0.15, 0.2) is 4.99 Å². The van der Waals surface area contributed by atoms with Crippen LogP contribution in [0.3, 0.4) is 0 Å². The van der Waals surface area contributed by atoms with Crippen LogP contribution in [0.5, 0.6) is 0 Å². The molecule has 3 heteroatoms. The van der Waals surface area contributed by atoms with Crippen molar-refractivity contribution in [2.75, 3.05) is 0 Å². The standard InChI is InChI=1S/C3H2ClNO/c4-3-1-5-2-6-3/h2-3H. The van der Waals surface area contributed by atoms with E-state index in [1.807, 2.05) is 0 Å². The Kier molecular flexibility index (Phi) is 0.965. The minimum absolute atomic E-state index is 0.454. The molecule has 1 atom stereocenters. The zero-order valence-electron chi connectivity index (χ0n) is 2.89. The minimum atomic E-state index is -0.454. The SMILES string of the molecule is ClC1[C]N=CO1. The summed E-state index contributed by atoms with van der Waals surface area (Å²) < 4.78 is 4.52. The fraction of sp³-hybridized carbons (Fsp3) is 0.333. The zero-order chi connectivity index (χ0) is 4.41. The number of ether oxygens (including phenoxy) is 1. The van der Waals surface area contributed by atoms with Gasteiger partial charge in [0.05, 0.1) is 0 Å². The maximum absolute atomic E-state index is 5.25. The van der Waals surface area contributed by atoms with Gasteiger partial charge in [0.25, 0.3) is 0 Å². The van der Waals surface area contributed by atoms with Crippen molar-refractivity contribution in [2.45, 2.75) is 5.56 Å². The quantitative estimate of drug-likeness (QED) is 0.413. The Morgan fingerprint density at radius 1 is 2.00 bits per heavy atom. The molecule has 0 aromatic heterocycles. The molecule has 1 rings (SSSR count). The Balaban J connectivity index is 2.32. The summed E-state index contributed by atoms with van der Waals surface area (Å²) >= 11 is 5.25. The van der Waals surface area contributed by atoms with Gasteiger partial charge in [-0.05, 0) is 0 Å². The maximum Gasteiger partial charge on any atom is 0.203 e. The molecule has 0 fully saturated rings. The van der Waals surface area contributed by atoms with Crippen molar-refractivity contribution < 1.29 is 4.74 Å². The fourth-order valence-electron chi connectivity index (χ4n) is 0.203. The summed E-state index contributed by atoms with van der Waals surface area (Å²) in [6.45, 7) is 2.43. The predicted molar refractivity (Wildman–Crippen MR) is 22.5 cm³/mol. The molecule has 1 aliphatic heterocycles. The lowest BCUT2D eigenvalue weighted by molar-refractivity contribution is 0.336. The van der Waals surface area contributed by atoms with E-state index >= 15 is 0 Å². The lowest BCUT2D eigenvalue weighted by Crippen LogP contribution is -1.92. The third-order valence-electron chi connectivity index (χ3n) is 0.409. The smallest absolute Gasteiger partial charge is 0.203 e. The summed E-state index contributed by atoms with van der Waals surface area (Å²) in [6.07, 6.45) is 1.26. The van der Waals surface area contributed by atoms with Crippen LogP contribution < -0.4 is 0 Å². The second-order valence-corrected chi connectivity index (χ2v) is 1.21. The molecule has 0 aliphatic carbocycles. The van der Waals surface area contributed by atoms with Crippen molar-refractivity contribution in [3.05, 3.63) is 6.54 Å². The van der Waals surface area contributed by atoms with E-state index in [9.17, 15) is 0 Å². The van der Waals surface area contributed by atoms with E-state index in [1.54, 1.807) is 0 Å². The summed E-state index contributed by atoms with van der Waals surface area (Å²) in [7, 11) is 0. The summed E-state index contributed by atoms with van der Waals surface area (Å²) in [4.78, 5) is 3.44. The molecule has 2 nitrogen and oxygen atoms in total. The third kappa shape index (κ3) is 0.627. The first-order chi connectivity index (χ1) is 2.89. The molecule has 1 heterocycles. The number of hydrogen-bond donors (Lipinski definition) is 0. The van der Waals surface area contributed by atoms with E-state index in [2.05, 4.69) is 16.3 Å². The molecule has 1 aliphatic rings. The van der Waals surface area contributed by atoms with Gasteiger partial charge in [-0.15, -0.1) is 0 Å². The molecule has 0 spiro atoms. The molecular formula is C3H2ClNO. The first-order valence-corrected chi connectivity index (χ1v) is 1.90. The number of rotatable bonds is 0. The first-order valence-electron chi connectivity index (χ1n) is 1.46. The second kappa shape index (κ2) is 1.47. The van der Waals surface area contributed by atoms with Gasteiger partial charge in [-0.25, -0.2) is 4.99 Å².